The van der Waals surface area contributed by atoms with Gasteiger partial charge in [-0.3, -0.25) is 0 Å². The highest BCUT2D eigenvalue weighted by molar-refractivity contribution is 7.90. The Morgan fingerprint density at radius 1 is 1.31 bits per heavy atom. The second kappa shape index (κ2) is 5.32. The van der Waals surface area contributed by atoms with E-state index in [1.165, 1.54) is 6.07 Å². The summed E-state index contributed by atoms with van der Waals surface area (Å²) in [5, 5.41) is 9.58. The Morgan fingerprint density at radius 3 is 2.56 bits per heavy atom. The van der Waals surface area contributed by atoms with E-state index < -0.39 is 9.84 Å². The Balaban J connectivity index is 3.04. The minimum absolute atomic E-state index is 0.0482. The Morgan fingerprint density at radius 2 is 2.00 bits per heavy atom. The third kappa shape index (κ3) is 3.21. The molecular weight excluding hydrogens is 226 g/mol. The first kappa shape index (κ1) is 13.0. The van der Waals surface area contributed by atoms with Gasteiger partial charge in [-0.05, 0) is 37.4 Å². The zero-order valence-electron chi connectivity index (χ0n) is 9.31. The van der Waals surface area contributed by atoms with E-state index in [0.29, 0.717) is 18.5 Å². The SMILES string of the molecule is CS(=O)(=O)c1c(O)cccc1CCCCN. The number of phenolic OH excluding ortho intramolecular Hbond substituents is 1. The topological polar surface area (TPSA) is 80.4 Å². The summed E-state index contributed by atoms with van der Waals surface area (Å²) in [5.74, 6) is -0.173. The minimum Gasteiger partial charge on any atom is -0.507 e. The number of benzene rings is 1. The number of rotatable bonds is 5. The molecule has 0 spiro atoms. The van der Waals surface area contributed by atoms with Gasteiger partial charge in [0.15, 0.2) is 9.84 Å². The van der Waals surface area contributed by atoms with Crippen molar-refractivity contribution in [2.45, 2.75) is 24.2 Å². The molecule has 0 atom stereocenters. The normalized spacial score (nSPS) is 11.6. The van der Waals surface area contributed by atoms with Crippen LogP contribution in [0.4, 0.5) is 0 Å². The van der Waals surface area contributed by atoms with E-state index in [1.54, 1.807) is 12.1 Å². The fraction of sp³-hybridized carbons (Fsp3) is 0.455. The van der Waals surface area contributed by atoms with E-state index in [-0.39, 0.29) is 10.6 Å². The molecule has 0 saturated heterocycles. The molecular formula is C11H17NO3S. The first-order chi connectivity index (χ1) is 7.46. The van der Waals surface area contributed by atoms with Crippen molar-refractivity contribution in [3.05, 3.63) is 23.8 Å². The third-order valence-corrected chi connectivity index (χ3v) is 3.56. The maximum atomic E-state index is 11.5. The molecule has 0 unspecified atom stereocenters. The number of hydrogen-bond acceptors (Lipinski definition) is 4. The molecule has 4 nitrogen and oxygen atoms in total. The zero-order chi connectivity index (χ0) is 12.2. The van der Waals surface area contributed by atoms with Crippen molar-refractivity contribution in [3.8, 4) is 5.75 Å². The van der Waals surface area contributed by atoms with Gasteiger partial charge in [0.1, 0.15) is 10.6 Å². The highest BCUT2D eigenvalue weighted by Crippen LogP contribution is 2.27. The van der Waals surface area contributed by atoms with E-state index in [9.17, 15) is 13.5 Å². The van der Waals surface area contributed by atoms with Crippen molar-refractivity contribution < 1.29 is 13.5 Å². The van der Waals surface area contributed by atoms with Crippen LogP contribution in [-0.4, -0.2) is 26.3 Å². The van der Waals surface area contributed by atoms with Crippen LogP contribution in [0, 0.1) is 0 Å². The van der Waals surface area contributed by atoms with Crippen LogP contribution in [-0.2, 0) is 16.3 Å². The monoisotopic (exact) mass is 243 g/mol. The van der Waals surface area contributed by atoms with Crippen LogP contribution in [0.2, 0.25) is 0 Å². The van der Waals surface area contributed by atoms with E-state index >= 15 is 0 Å². The van der Waals surface area contributed by atoms with Gasteiger partial charge in [0.25, 0.3) is 0 Å². The molecule has 3 N–H and O–H groups in total. The Labute approximate surface area is 96.0 Å². The van der Waals surface area contributed by atoms with Crippen LogP contribution >= 0.6 is 0 Å². The van der Waals surface area contributed by atoms with Gasteiger partial charge in [0.2, 0.25) is 0 Å². The predicted molar refractivity (Wildman–Crippen MR) is 63.2 cm³/mol. The molecule has 1 rings (SSSR count). The van der Waals surface area contributed by atoms with Crippen molar-refractivity contribution in [3.63, 3.8) is 0 Å². The molecule has 1 aromatic carbocycles. The lowest BCUT2D eigenvalue weighted by Gasteiger charge is -2.09. The van der Waals surface area contributed by atoms with Gasteiger partial charge in [-0.1, -0.05) is 12.1 Å². The van der Waals surface area contributed by atoms with Crippen molar-refractivity contribution >= 4 is 9.84 Å². The van der Waals surface area contributed by atoms with E-state index in [4.69, 9.17) is 5.73 Å². The predicted octanol–water partition coefficient (Wildman–Crippen LogP) is 1.08. The van der Waals surface area contributed by atoms with Gasteiger partial charge in [0, 0.05) is 6.26 Å². The molecule has 0 aliphatic rings. The fourth-order valence-corrected chi connectivity index (χ4v) is 2.75. The maximum absolute atomic E-state index is 11.5. The molecule has 0 aromatic heterocycles. The number of hydrogen-bond donors (Lipinski definition) is 2. The van der Waals surface area contributed by atoms with Crippen LogP contribution < -0.4 is 5.73 Å². The third-order valence-electron chi connectivity index (χ3n) is 2.35. The standard InChI is InChI=1S/C11H17NO3S/c1-16(14,15)11-9(5-2-3-8-12)6-4-7-10(11)13/h4,6-7,13H,2-3,5,8,12H2,1H3. The Bertz CT molecular complexity index is 454. The molecule has 0 amide bonds. The quantitative estimate of drug-likeness (QED) is 0.758. The largest absolute Gasteiger partial charge is 0.507 e. The van der Waals surface area contributed by atoms with Crippen LogP contribution in [0.25, 0.3) is 0 Å². The summed E-state index contributed by atoms with van der Waals surface area (Å²) in [7, 11) is -3.38. The van der Waals surface area contributed by atoms with Crippen molar-refractivity contribution in [1.82, 2.24) is 0 Å². The molecule has 0 aliphatic heterocycles. The summed E-state index contributed by atoms with van der Waals surface area (Å²) >= 11 is 0. The highest BCUT2D eigenvalue weighted by atomic mass is 32.2. The first-order valence-electron chi connectivity index (χ1n) is 5.18. The second-order valence-electron chi connectivity index (χ2n) is 3.78. The molecule has 0 saturated carbocycles. The van der Waals surface area contributed by atoms with Crippen molar-refractivity contribution in [1.29, 1.82) is 0 Å². The van der Waals surface area contributed by atoms with Crippen LogP contribution in [0.15, 0.2) is 23.1 Å². The molecule has 90 valence electrons. The molecule has 0 aliphatic carbocycles. The van der Waals surface area contributed by atoms with Gasteiger partial charge in [-0.15, -0.1) is 0 Å². The summed E-state index contributed by atoms with van der Waals surface area (Å²) in [5.41, 5.74) is 6.04. The maximum Gasteiger partial charge on any atom is 0.179 e. The van der Waals surface area contributed by atoms with Crippen molar-refractivity contribution in [2.24, 2.45) is 5.73 Å². The molecule has 5 heteroatoms. The molecule has 0 radical (unpaired) electrons. The zero-order valence-corrected chi connectivity index (χ0v) is 10.1. The van der Waals surface area contributed by atoms with Crippen LogP contribution in [0.1, 0.15) is 18.4 Å². The average molecular weight is 243 g/mol. The lowest BCUT2D eigenvalue weighted by atomic mass is 10.1. The lowest BCUT2D eigenvalue weighted by molar-refractivity contribution is 0.457. The van der Waals surface area contributed by atoms with E-state index in [1.807, 2.05) is 0 Å². The fourth-order valence-electron chi connectivity index (χ4n) is 1.66. The van der Waals surface area contributed by atoms with Gasteiger partial charge in [-0.25, -0.2) is 8.42 Å². The molecule has 0 fully saturated rings. The van der Waals surface area contributed by atoms with Gasteiger partial charge >= 0.3 is 0 Å². The Kier molecular flexibility index (Phi) is 4.32. The molecule has 0 heterocycles. The minimum atomic E-state index is -3.38. The average Bonchev–Trinajstić information content (AvgIpc) is 2.16. The number of aromatic hydroxyl groups is 1. The number of nitrogens with two attached hydrogens (primary N) is 1. The summed E-state index contributed by atoms with van der Waals surface area (Å²) in [4.78, 5) is 0.0482. The molecule has 1 aromatic rings. The number of phenols is 1. The number of aryl methyl sites for hydroxylation is 1. The summed E-state index contributed by atoms with van der Waals surface area (Å²) in [6.07, 6.45) is 3.39. The summed E-state index contributed by atoms with van der Waals surface area (Å²) in [6, 6.07) is 4.78. The van der Waals surface area contributed by atoms with Gasteiger partial charge in [-0.2, -0.15) is 0 Å². The molecule has 16 heavy (non-hydrogen) atoms. The van der Waals surface area contributed by atoms with E-state index in [2.05, 4.69) is 0 Å². The summed E-state index contributed by atoms with van der Waals surface area (Å²) < 4.78 is 23.0. The van der Waals surface area contributed by atoms with Crippen LogP contribution in [0.3, 0.4) is 0 Å². The Hall–Kier alpha value is -1.07. The summed E-state index contributed by atoms with van der Waals surface area (Å²) in [6.45, 7) is 0.590. The first-order valence-corrected chi connectivity index (χ1v) is 7.07. The van der Waals surface area contributed by atoms with Crippen molar-refractivity contribution in [2.75, 3.05) is 12.8 Å². The number of sulfone groups is 1. The highest BCUT2D eigenvalue weighted by Gasteiger charge is 2.17. The van der Waals surface area contributed by atoms with E-state index in [0.717, 1.165) is 19.1 Å². The molecule has 0 bridgehead atoms. The van der Waals surface area contributed by atoms with Gasteiger partial charge < -0.3 is 10.8 Å². The second-order valence-corrected chi connectivity index (χ2v) is 5.74. The number of unbranched alkanes of at least 4 members (excludes halogenated alkanes) is 1. The lowest BCUT2D eigenvalue weighted by Crippen LogP contribution is -2.04. The van der Waals surface area contributed by atoms with Gasteiger partial charge in [0.05, 0.1) is 0 Å². The van der Waals surface area contributed by atoms with Crippen LogP contribution in [0.5, 0.6) is 5.75 Å². The smallest absolute Gasteiger partial charge is 0.179 e.